The minimum absolute atomic E-state index is 0.158. The first-order chi connectivity index (χ1) is 9.80. The number of hydrogen-bond donors (Lipinski definition) is 2. The number of nitrogens with two attached hydrogens (primary N) is 1. The number of primary amides is 1. The Balaban J connectivity index is 2.05. The van der Waals surface area contributed by atoms with E-state index in [0.29, 0.717) is 12.7 Å². The molecule has 116 valence electrons. The number of carbonyl (C=O) groups excluding carboxylic acids is 2. The van der Waals surface area contributed by atoms with E-state index < -0.39 is 31.8 Å². The Hall–Kier alpha value is -1.61. The predicted octanol–water partition coefficient (Wildman–Crippen LogP) is -0.689. The molecule has 0 radical (unpaired) electrons. The van der Waals surface area contributed by atoms with Crippen molar-refractivity contribution < 1.29 is 28.3 Å². The molecule has 1 aliphatic rings. The summed E-state index contributed by atoms with van der Waals surface area (Å²) in [6.45, 7) is 0.855. The van der Waals surface area contributed by atoms with Crippen LogP contribution in [0.1, 0.15) is 23.3 Å². The Morgan fingerprint density at radius 1 is 1.76 bits per heavy atom. The van der Waals surface area contributed by atoms with Gasteiger partial charge in [0.15, 0.2) is 6.23 Å². The number of carbonyl (C=O) groups is 2. The van der Waals surface area contributed by atoms with E-state index in [-0.39, 0.29) is 12.4 Å². The van der Waals surface area contributed by atoms with Crippen LogP contribution in [0.25, 0.3) is 0 Å². The summed E-state index contributed by atoms with van der Waals surface area (Å²) in [5.41, 5.74) is 5.05. The minimum Gasteiger partial charge on any atom is -0.363 e. The lowest BCUT2D eigenvalue weighted by Crippen LogP contribution is -2.23. The standard InChI is InChI=1S/C10H15N4O6P/c1-21(17,18)19-4-7-6(3-15)2-8(20-7)14-5-12-10(13-14)9(11)16/h3,5-8H,2,4H2,1H3,(H2,11,16)(H,17,18)/t6?,7-,8-/m1/s1. The molecular formula is C10H15N4O6P. The molecule has 0 aromatic carbocycles. The van der Waals surface area contributed by atoms with Gasteiger partial charge >= 0.3 is 7.60 Å². The average molecular weight is 318 g/mol. The van der Waals surface area contributed by atoms with E-state index in [9.17, 15) is 14.2 Å². The summed E-state index contributed by atoms with van der Waals surface area (Å²) in [4.78, 5) is 34.8. The highest BCUT2D eigenvalue weighted by atomic mass is 31.2. The van der Waals surface area contributed by atoms with Gasteiger partial charge in [-0.1, -0.05) is 0 Å². The maximum absolute atomic E-state index is 11.1. The van der Waals surface area contributed by atoms with Crippen LogP contribution in [0.2, 0.25) is 0 Å². The third-order valence-corrected chi connectivity index (χ3v) is 3.59. The lowest BCUT2D eigenvalue weighted by atomic mass is 10.0. The molecule has 2 heterocycles. The second-order valence-electron chi connectivity index (χ2n) is 4.68. The molecule has 1 aromatic rings. The molecule has 2 unspecified atom stereocenters. The van der Waals surface area contributed by atoms with Gasteiger partial charge in [-0.25, -0.2) is 9.67 Å². The quantitative estimate of drug-likeness (QED) is 0.517. The number of amides is 1. The van der Waals surface area contributed by atoms with Gasteiger partial charge in [0.2, 0.25) is 5.82 Å². The summed E-state index contributed by atoms with van der Waals surface area (Å²) in [5, 5.41) is 3.85. The maximum Gasteiger partial charge on any atom is 0.325 e. The topological polar surface area (TPSA) is 147 Å². The van der Waals surface area contributed by atoms with Crippen LogP contribution < -0.4 is 5.73 Å². The first-order valence-electron chi connectivity index (χ1n) is 6.06. The smallest absolute Gasteiger partial charge is 0.325 e. The van der Waals surface area contributed by atoms with Gasteiger partial charge in [-0.15, -0.1) is 5.10 Å². The number of rotatable bonds is 6. The van der Waals surface area contributed by atoms with Crippen molar-refractivity contribution in [3.8, 4) is 0 Å². The van der Waals surface area contributed by atoms with Crippen LogP contribution in [-0.2, 0) is 18.6 Å². The van der Waals surface area contributed by atoms with E-state index in [1.807, 2.05) is 0 Å². The van der Waals surface area contributed by atoms with Crippen LogP contribution in [0.5, 0.6) is 0 Å². The molecule has 3 N–H and O–H groups in total. The highest BCUT2D eigenvalue weighted by molar-refractivity contribution is 7.51. The highest BCUT2D eigenvalue weighted by Gasteiger charge is 2.37. The third kappa shape index (κ3) is 3.94. The van der Waals surface area contributed by atoms with Crippen molar-refractivity contribution in [1.29, 1.82) is 0 Å². The van der Waals surface area contributed by atoms with Crippen molar-refractivity contribution in [2.24, 2.45) is 11.7 Å². The molecule has 0 aliphatic carbocycles. The van der Waals surface area contributed by atoms with E-state index in [1.165, 1.54) is 11.0 Å². The molecule has 2 rings (SSSR count). The molecule has 10 nitrogen and oxygen atoms in total. The van der Waals surface area contributed by atoms with Crippen LogP contribution in [0.3, 0.4) is 0 Å². The van der Waals surface area contributed by atoms with E-state index in [2.05, 4.69) is 10.1 Å². The lowest BCUT2D eigenvalue weighted by Gasteiger charge is -2.16. The largest absolute Gasteiger partial charge is 0.363 e. The molecule has 1 fully saturated rings. The number of aromatic nitrogens is 3. The SMILES string of the molecule is CP(=O)(O)OC[C@H]1O[C@@H](n2cnc(C(N)=O)n2)CC1C=O. The van der Waals surface area contributed by atoms with E-state index in [0.717, 1.165) is 6.66 Å². The van der Waals surface area contributed by atoms with Gasteiger partial charge in [0.1, 0.15) is 12.6 Å². The van der Waals surface area contributed by atoms with E-state index in [1.54, 1.807) is 0 Å². The molecule has 1 aromatic heterocycles. The number of nitrogens with zero attached hydrogens (tertiary/aromatic N) is 3. The maximum atomic E-state index is 11.1. The number of aldehydes is 1. The van der Waals surface area contributed by atoms with Crippen molar-refractivity contribution in [2.75, 3.05) is 13.3 Å². The Labute approximate surface area is 119 Å². The summed E-state index contributed by atoms with van der Waals surface area (Å²) in [5.74, 6) is -1.44. The van der Waals surface area contributed by atoms with E-state index >= 15 is 0 Å². The molecule has 0 bridgehead atoms. The Morgan fingerprint density at radius 2 is 2.48 bits per heavy atom. The van der Waals surface area contributed by atoms with Gasteiger partial charge in [0, 0.05) is 19.0 Å². The molecule has 4 atom stereocenters. The van der Waals surface area contributed by atoms with Crippen LogP contribution in [0, 0.1) is 5.92 Å². The van der Waals surface area contributed by atoms with Gasteiger partial charge in [-0.2, -0.15) is 0 Å². The summed E-state index contributed by atoms with van der Waals surface area (Å²) in [6, 6.07) is 0. The van der Waals surface area contributed by atoms with Crippen molar-refractivity contribution in [3.05, 3.63) is 12.2 Å². The van der Waals surface area contributed by atoms with Gasteiger partial charge in [-0.05, 0) is 0 Å². The number of ether oxygens (including phenoxy) is 1. The fourth-order valence-electron chi connectivity index (χ4n) is 1.96. The summed E-state index contributed by atoms with van der Waals surface area (Å²) in [7, 11) is -3.65. The average Bonchev–Trinajstić information content (AvgIpc) is 3.01. The number of hydrogen-bond acceptors (Lipinski definition) is 7. The highest BCUT2D eigenvalue weighted by Crippen LogP contribution is 2.39. The molecule has 11 heteroatoms. The zero-order chi connectivity index (χ0) is 15.6. The fourth-order valence-corrected chi connectivity index (χ4v) is 2.38. The summed E-state index contributed by atoms with van der Waals surface area (Å²) in [6.07, 6.45) is 0.960. The zero-order valence-electron chi connectivity index (χ0n) is 11.2. The molecular weight excluding hydrogens is 303 g/mol. The van der Waals surface area contributed by atoms with Crippen molar-refractivity contribution in [3.63, 3.8) is 0 Å². The van der Waals surface area contributed by atoms with Gasteiger partial charge < -0.3 is 24.7 Å². The molecule has 21 heavy (non-hydrogen) atoms. The molecule has 1 aliphatic heterocycles. The first kappa shape index (κ1) is 15.8. The summed E-state index contributed by atoms with van der Waals surface area (Å²) < 4.78 is 22.7. The van der Waals surface area contributed by atoms with Crippen LogP contribution in [-0.4, -0.2) is 51.2 Å². The van der Waals surface area contributed by atoms with Crippen molar-refractivity contribution >= 4 is 19.8 Å². The Morgan fingerprint density at radius 3 is 3.00 bits per heavy atom. The molecule has 0 saturated carbocycles. The van der Waals surface area contributed by atoms with Gasteiger partial charge in [0.05, 0.1) is 12.7 Å². The van der Waals surface area contributed by atoms with Gasteiger partial charge in [0.25, 0.3) is 5.91 Å². The second kappa shape index (κ2) is 6.02. The molecule has 0 spiro atoms. The molecule has 1 amide bonds. The minimum atomic E-state index is -3.65. The van der Waals surface area contributed by atoms with E-state index in [4.69, 9.17) is 19.9 Å². The second-order valence-corrected chi connectivity index (χ2v) is 6.54. The van der Waals surface area contributed by atoms with Crippen LogP contribution in [0.15, 0.2) is 6.33 Å². The predicted molar refractivity (Wildman–Crippen MR) is 68.3 cm³/mol. The van der Waals surface area contributed by atoms with Crippen LogP contribution in [0.4, 0.5) is 0 Å². The molecule has 1 saturated heterocycles. The van der Waals surface area contributed by atoms with Gasteiger partial charge in [-0.3, -0.25) is 9.36 Å². The van der Waals surface area contributed by atoms with Crippen LogP contribution >= 0.6 is 7.60 Å². The third-order valence-electron chi connectivity index (χ3n) is 2.96. The van der Waals surface area contributed by atoms with Crippen molar-refractivity contribution in [2.45, 2.75) is 18.8 Å². The zero-order valence-corrected chi connectivity index (χ0v) is 12.1. The monoisotopic (exact) mass is 318 g/mol. The first-order valence-corrected chi connectivity index (χ1v) is 8.09. The fraction of sp³-hybridized carbons (Fsp3) is 0.600. The summed E-state index contributed by atoms with van der Waals surface area (Å²) >= 11 is 0. The Kier molecular flexibility index (Phi) is 4.52. The Bertz CT molecular complexity index is 584. The van der Waals surface area contributed by atoms with Crippen molar-refractivity contribution in [1.82, 2.24) is 14.8 Å². The normalized spacial score (nSPS) is 28.2. The lowest BCUT2D eigenvalue weighted by molar-refractivity contribution is -0.113.